The lowest BCUT2D eigenvalue weighted by Crippen LogP contribution is -2.48. The van der Waals surface area contributed by atoms with Gasteiger partial charge in [0.1, 0.15) is 10.8 Å². The molecule has 3 rings (SSSR count). The zero-order valence-corrected chi connectivity index (χ0v) is 16.0. The summed E-state index contributed by atoms with van der Waals surface area (Å²) in [7, 11) is 0. The molecule has 2 heterocycles. The third kappa shape index (κ3) is 4.38. The highest BCUT2D eigenvalue weighted by Crippen LogP contribution is 2.36. The largest absolute Gasteiger partial charge is 0.381 e. The van der Waals surface area contributed by atoms with Gasteiger partial charge in [-0.2, -0.15) is 0 Å². The Hall–Kier alpha value is -2.03. The molecule has 1 aromatic heterocycles. The third-order valence-electron chi connectivity index (χ3n) is 4.35. The molecule has 5 N–H and O–H groups in total. The van der Waals surface area contributed by atoms with Gasteiger partial charge in [0.05, 0.1) is 11.2 Å². The van der Waals surface area contributed by atoms with E-state index in [2.05, 4.69) is 27.1 Å². The summed E-state index contributed by atoms with van der Waals surface area (Å²) < 4.78 is 0. The lowest BCUT2D eigenvalue weighted by Gasteiger charge is -2.37. The molecule has 2 aromatic rings. The van der Waals surface area contributed by atoms with Crippen molar-refractivity contribution in [2.45, 2.75) is 35.2 Å². The Bertz CT molecular complexity index is 806. The van der Waals surface area contributed by atoms with E-state index < -0.39 is 0 Å². The molecule has 0 radical (unpaired) electrons. The second-order valence-corrected chi connectivity index (χ2v) is 8.01. The maximum atomic E-state index is 10.5. The van der Waals surface area contributed by atoms with Gasteiger partial charge in [-0.1, -0.05) is 23.4 Å². The first kappa shape index (κ1) is 18.8. The molecular formula is C17H21ClN6OS. The van der Waals surface area contributed by atoms with Crippen molar-refractivity contribution in [2.24, 2.45) is 5.73 Å². The van der Waals surface area contributed by atoms with E-state index in [-0.39, 0.29) is 5.54 Å². The van der Waals surface area contributed by atoms with Crippen LogP contribution in [-0.4, -0.2) is 35.0 Å². The molecule has 0 aliphatic carbocycles. The molecule has 0 atom stereocenters. The smallest absolute Gasteiger partial charge is 0.211 e. The fourth-order valence-corrected chi connectivity index (χ4v) is 3.76. The van der Waals surface area contributed by atoms with Gasteiger partial charge in [-0.25, -0.2) is 9.97 Å². The van der Waals surface area contributed by atoms with E-state index in [9.17, 15) is 4.79 Å². The van der Waals surface area contributed by atoms with E-state index in [1.165, 1.54) is 11.8 Å². The quantitative estimate of drug-likeness (QED) is 0.671. The molecule has 1 amide bonds. The van der Waals surface area contributed by atoms with Crippen LogP contribution in [0.3, 0.4) is 0 Å². The van der Waals surface area contributed by atoms with Gasteiger partial charge >= 0.3 is 0 Å². The molecular weight excluding hydrogens is 372 g/mol. The van der Waals surface area contributed by atoms with Gasteiger partial charge < -0.3 is 21.7 Å². The molecule has 0 spiro atoms. The normalized spacial score (nSPS) is 16.3. The number of nitrogens with one attached hydrogen (secondary N) is 1. The molecule has 1 aliphatic rings. The first-order chi connectivity index (χ1) is 12.4. The van der Waals surface area contributed by atoms with E-state index in [1.54, 1.807) is 24.4 Å². The number of nitrogens with two attached hydrogens (primary N) is 2. The summed E-state index contributed by atoms with van der Waals surface area (Å²) in [6.45, 7) is 3.75. The van der Waals surface area contributed by atoms with Crippen molar-refractivity contribution in [3.05, 3.63) is 29.4 Å². The SMILES string of the molecule is CC1(N)CCN(c2cnc(Sc3ccc(NC=O)cc3Cl)c(N)n2)CC1. The monoisotopic (exact) mass is 392 g/mol. The fraction of sp³-hybridized carbons (Fsp3) is 0.353. The van der Waals surface area contributed by atoms with Gasteiger partial charge in [0, 0.05) is 29.2 Å². The number of piperidine rings is 1. The van der Waals surface area contributed by atoms with Gasteiger partial charge in [0.25, 0.3) is 0 Å². The van der Waals surface area contributed by atoms with Gasteiger partial charge in [0.15, 0.2) is 5.82 Å². The van der Waals surface area contributed by atoms with Crippen molar-refractivity contribution in [2.75, 3.05) is 29.0 Å². The standard InChI is InChI=1S/C17H21ClN6OS/c1-17(20)4-6-24(7-5-17)14-9-21-16(15(19)23-14)26-13-3-2-11(22-10-25)8-12(13)18/h2-3,8-10H,4-7,20H2,1H3,(H2,19,23)(H,22,25). The van der Waals surface area contributed by atoms with Crippen LogP contribution in [0.1, 0.15) is 19.8 Å². The summed E-state index contributed by atoms with van der Waals surface area (Å²) in [5.74, 6) is 1.12. The number of carbonyl (C=O) groups excluding carboxylic acids is 1. The molecule has 9 heteroatoms. The van der Waals surface area contributed by atoms with Gasteiger partial charge in [-0.05, 0) is 38.0 Å². The first-order valence-corrected chi connectivity index (χ1v) is 9.41. The number of halogens is 1. The van der Waals surface area contributed by atoms with E-state index in [1.807, 2.05) is 0 Å². The maximum Gasteiger partial charge on any atom is 0.211 e. The predicted molar refractivity (Wildman–Crippen MR) is 106 cm³/mol. The number of hydrogen-bond acceptors (Lipinski definition) is 7. The molecule has 7 nitrogen and oxygen atoms in total. The van der Waals surface area contributed by atoms with Crippen LogP contribution in [0.2, 0.25) is 5.02 Å². The number of benzene rings is 1. The van der Waals surface area contributed by atoms with Crippen LogP contribution in [0.15, 0.2) is 34.3 Å². The Morgan fingerprint density at radius 1 is 1.38 bits per heavy atom. The van der Waals surface area contributed by atoms with Crippen molar-refractivity contribution in [1.82, 2.24) is 9.97 Å². The number of hydrogen-bond donors (Lipinski definition) is 3. The number of nitrogens with zero attached hydrogens (tertiary/aromatic N) is 3. The van der Waals surface area contributed by atoms with Crippen LogP contribution >= 0.6 is 23.4 Å². The Morgan fingerprint density at radius 2 is 2.12 bits per heavy atom. The molecule has 26 heavy (non-hydrogen) atoms. The number of anilines is 3. The summed E-state index contributed by atoms with van der Waals surface area (Å²) in [5, 5.41) is 3.65. The van der Waals surface area contributed by atoms with Crippen molar-refractivity contribution >= 4 is 47.1 Å². The molecule has 138 valence electrons. The van der Waals surface area contributed by atoms with Crippen LogP contribution in [0.4, 0.5) is 17.3 Å². The second-order valence-electron chi connectivity index (χ2n) is 6.57. The van der Waals surface area contributed by atoms with Crippen molar-refractivity contribution in [1.29, 1.82) is 0 Å². The van der Waals surface area contributed by atoms with Crippen LogP contribution in [0.5, 0.6) is 0 Å². The van der Waals surface area contributed by atoms with Crippen LogP contribution < -0.4 is 21.7 Å². The molecule has 0 bridgehead atoms. The van der Waals surface area contributed by atoms with Crippen molar-refractivity contribution in [3.8, 4) is 0 Å². The molecule has 1 saturated heterocycles. The second kappa shape index (κ2) is 7.69. The van der Waals surface area contributed by atoms with Crippen LogP contribution in [0.25, 0.3) is 0 Å². The minimum Gasteiger partial charge on any atom is -0.381 e. The highest BCUT2D eigenvalue weighted by molar-refractivity contribution is 7.99. The van der Waals surface area contributed by atoms with E-state index in [4.69, 9.17) is 23.1 Å². The molecule has 1 aromatic carbocycles. The van der Waals surface area contributed by atoms with Gasteiger partial charge in [0.2, 0.25) is 6.41 Å². The van der Waals surface area contributed by atoms with Crippen molar-refractivity contribution < 1.29 is 4.79 Å². The Labute approximate surface area is 161 Å². The molecule has 1 aliphatic heterocycles. The summed E-state index contributed by atoms with van der Waals surface area (Å²) in [6.07, 6.45) is 4.15. The van der Waals surface area contributed by atoms with Gasteiger partial charge in [-0.3, -0.25) is 4.79 Å². The Kier molecular flexibility index (Phi) is 5.55. The molecule has 1 fully saturated rings. The highest BCUT2D eigenvalue weighted by atomic mass is 35.5. The van der Waals surface area contributed by atoms with E-state index in [0.717, 1.165) is 36.6 Å². The fourth-order valence-electron chi connectivity index (χ4n) is 2.71. The third-order valence-corrected chi connectivity index (χ3v) is 5.85. The van der Waals surface area contributed by atoms with Crippen LogP contribution in [-0.2, 0) is 4.79 Å². The maximum absolute atomic E-state index is 10.5. The number of aromatic nitrogens is 2. The van der Waals surface area contributed by atoms with E-state index in [0.29, 0.717) is 28.0 Å². The predicted octanol–water partition coefficient (Wildman–Crippen LogP) is 2.75. The minimum atomic E-state index is -0.118. The van der Waals surface area contributed by atoms with Gasteiger partial charge in [-0.15, -0.1) is 0 Å². The number of rotatable bonds is 5. The Morgan fingerprint density at radius 3 is 2.73 bits per heavy atom. The molecule has 0 saturated carbocycles. The number of carbonyl (C=O) groups is 1. The summed E-state index contributed by atoms with van der Waals surface area (Å²) in [5.41, 5.74) is 12.8. The zero-order valence-electron chi connectivity index (χ0n) is 14.4. The average molecular weight is 393 g/mol. The summed E-state index contributed by atoms with van der Waals surface area (Å²) in [4.78, 5) is 22.4. The number of amides is 1. The lowest BCUT2D eigenvalue weighted by molar-refractivity contribution is -0.105. The first-order valence-electron chi connectivity index (χ1n) is 8.22. The van der Waals surface area contributed by atoms with Crippen molar-refractivity contribution in [3.63, 3.8) is 0 Å². The van der Waals surface area contributed by atoms with Crippen LogP contribution in [0, 0.1) is 0 Å². The average Bonchev–Trinajstić information content (AvgIpc) is 2.59. The lowest BCUT2D eigenvalue weighted by atomic mass is 9.91. The minimum absolute atomic E-state index is 0.118. The van der Waals surface area contributed by atoms with E-state index >= 15 is 0 Å². The summed E-state index contributed by atoms with van der Waals surface area (Å²) >= 11 is 7.60. The molecule has 0 unspecified atom stereocenters. The summed E-state index contributed by atoms with van der Waals surface area (Å²) in [6, 6.07) is 5.24. The number of nitrogen functional groups attached to an aromatic ring is 1. The highest BCUT2D eigenvalue weighted by Gasteiger charge is 2.26. The Balaban J connectivity index is 1.73. The zero-order chi connectivity index (χ0) is 18.7. The topological polar surface area (TPSA) is 110 Å².